The Morgan fingerprint density at radius 1 is 1.50 bits per heavy atom. The quantitative estimate of drug-likeness (QED) is 0.827. The summed E-state index contributed by atoms with van der Waals surface area (Å²) in [5.41, 5.74) is 7.63. The van der Waals surface area contributed by atoms with Gasteiger partial charge < -0.3 is 5.73 Å². The minimum atomic E-state index is 0.652. The third kappa shape index (κ3) is 2.60. The lowest BCUT2D eigenvalue weighted by Gasteiger charge is -2.15. The van der Waals surface area contributed by atoms with Crippen LogP contribution in [0.25, 0.3) is 0 Å². The predicted molar refractivity (Wildman–Crippen MR) is 63.6 cm³/mol. The largest absolute Gasteiger partial charge is 0.330 e. The minimum Gasteiger partial charge on any atom is -0.330 e. The Morgan fingerprint density at radius 3 is 3.06 bits per heavy atom. The highest BCUT2D eigenvalue weighted by atomic mass is 15.1. The average Bonchev–Trinajstić information content (AvgIpc) is 2.77. The van der Waals surface area contributed by atoms with Crippen molar-refractivity contribution in [2.24, 2.45) is 11.7 Å². The summed E-state index contributed by atoms with van der Waals surface area (Å²) in [6.45, 7) is 3.94. The molecule has 16 heavy (non-hydrogen) atoms. The summed E-state index contributed by atoms with van der Waals surface area (Å²) in [5.74, 6) is 0.652. The fourth-order valence-corrected chi connectivity index (χ4v) is 2.25. The normalized spacial score (nSPS) is 20.9. The standard InChI is InChI=1S/C13H17N3/c14-7-11-2-1-3-12(6-11)9-16-5-4-13(8-15)10-16/h1-3,6,13H,4-5,8-10,15H2. The highest BCUT2D eigenvalue weighted by Crippen LogP contribution is 2.17. The molecule has 3 heteroatoms. The van der Waals surface area contributed by atoms with Crippen molar-refractivity contribution >= 4 is 0 Å². The van der Waals surface area contributed by atoms with E-state index in [-0.39, 0.29) is 0 Å². The van der Waals surface area contributed by atoms with Crippen molar-refractivity contribution < 1.29 is 0 Å². The van der Waals surface area contributed by atoms with Crippen LogP contribution in [0.2, 0.25) is 0 Å². The number of rotatable bonds is 3. The lowest BCUT2D eigenvalue weighted by Crippen LogP contribution is -2.22. The minimum absolute atomic E-state index is 0.652. The summed E-state index contributed by atoms with van der Waals surface area (Å²) in [4.78, 5) is 2.41. The molecule has 1 aliphatic rings. The van der Waals surface area contributed by atoms with E-state index >= 15 is 0 Å². The van der Waals surface area contributed by atoms with Gasteiger partial charge in [0.1, 0.15) is 0 Å². The van der Waals surface area contributed by atoms with Gasteiger partial charge in [-0.3, -0.25) is 4.90 Å². The first-order chi connectivity index (χ1) is 7.81. The molecule has 2 N–H and O–H groups in total. The van der Waals surface area contributed by atoms with E-state index in [1.165, 1.54) is 12.0 Å². The van der Waals surface area contributed by atoms with Gasteiger partial charge in [0.25, 0.3) is 0 Å². The lowest BCUT2D eigenvalue weighted by atomic mass is 10.1. The van der Waals surface area contributed by atoms with Crippen molar-refractivity contribution in [1.82, 2.24) is 4.90 Å². The zero-order chi connectivity index (χ0) is 11.4. The summed E-state index contributed by atoms with van der Waals surface area (Å²) < 4.78 is 0. The van der Waals surface area contributed by atoms with Crippen molar-refractivity contribution in [2.75, 3.05) is 19.6 Å². The summed E-state index contributed by atoms with van der Waals surface area (Å²) >= 11 is 0. The molecule has 2 rings (SSSR count). The molecular weight excluding hydrogens is 198 g/mol. The third-order valence-electron chi connectivity index (χ3n) is 3.17. The van der Waals surface area contributed by atoms with E-state index in [2.05, 4.69) is 17.0 Å². The molecule has 0 radical (unpaired) electrons. The van der Waals surface area contributed by atoms with Crippen molar-refractivity contribution in [3.8, 4) is 6.07 Å². The highest BCUT2D eigenvalue weighted by Gasteiger charge is 2.20. The molecule has 0 aliphatic carbocycles. The van der Waals surface area contributed by atoms with Crippen LogP contribution < -0.4 is 5.73 Å². The van der Waals surface area contributed by atoms with E-state index in [4.69, 9.17) is 11.0 Å². The third-order valence-corrected chi connectivity index (χ3v) is 3.17. The topological polar surface area (TPSA) is 53.0 Å². The van der Waals surface area contributed by atoms with E-state index in [0.29, 0.717) is 5.92 Å². The van der Waals surface area contributed by atoms with Gasteiger partial charge in [-0.25, -0.2) is 0 Å². The van der Waals surface area contributed by atoms with Gasteiger partial charge in [0.05, 0.1) is 11.6 Å². The summed E-state index contributed by atoms with van der Waals surface area (Å²) in [5, 5.41) is 8.82. The molecule has 1 aromatic rings. The SMILES string of the molecule is N#Cc1cccc(CN2CCC(CN)C2)c1. The Kier molecular flexibility index (Phi) is 3.55. The summed E-state index contributed by atoms with van der Waals surface area (Å²) in [6.07, 6.45) is 1.20. The second kappa shape index (κ2) is 5.11. The maximum absolute atomic E-state index is 8.82. The van der Waals surface area contributed by atoms with Gasteiger partial charge in [0.2, 0.25) is 0 Å². The molecule has 1 saturated heterocycles. The van der Waals surface area contributed by atoms with E-state index < -0.39 is 0 Å². The zero-order valence-electron chi connectivity index (χ0n) is 9.39. The molecule has 0 spiro atoms. The van der Waals surface area contributed by atoms with Gasteiger partial charge in [-0.15, -0.1) is 0 Å². The van der Waals surface area contributed by atoms with Crippen LogP contribution in [0.3, 0.4) is 0 Å². The van der Waals surface area contributed by atoms with E-state index in [0.717, 1.165) is 31.7 Å². The first kappa shape index (κ1) is 11.1. The molecule has 1 unspecified atom stereocenters. The van der Waals surface area contributed by atoms with Crippen LogP contribution in [0, 0.1) is 17.2 Å². The van der Waals surface area contributed by atoms with Crippen molar-refractivity contribution in [1.29, 1.82) is 5.26 Å². The molecule has 84 valence electrons. The Hall–Kier alpha value is -1.37. The molecule has 0 bridgehead atoms. The molecule has 1 fully saturated rings. The van der Waals surface area contributed by atoms with Crippen LogP contribution in [0.5, 0.6) is 0 Å². The number of likely N-dealkylation sites (tertiary alicyclic amines) is 1. The smallest absolute Gasteiger partial charge is 0.0991 e. The van der Waals surface area contributed by atoms with E-state index in [9.17, 15) is 0 Å². The molecule has 1 heterocycles. The first-order valence-electron chi connectivity index (χ1n) is 5.73. The molecule has 1 atom stereocenters. The maximum Gasteiger partial charge on any atom is 0.0991 e. The average molecular weight is 215 g/mol. The Bertz CT molecular complexity index is 394. The fourth-order valence-electron chi connectivity index (χ4n) is 2.25. The van der Waals surface area contributed by atoms with Crippen LogP contribution in [0.15, 0.2) is 24.3 Å². The number of nitriles is 1. The number of nitrogens with two attached hydrogens (primary N) is 1. The Morgan fingerprint density at radius 2 is 2.38 bits per heavy atom. The second-order valence-electron chi connectivity index (χ2n) is 4.44. The lowest BCUT2D eigenvalue weighted by molar-refractivity contribution is 0.318. The molecule has 3 nitrogen and oxygen atoms in total. The Balaban J connectivity index is 1.97. The van der Waals surface area contributed by atoms with Crippen LogP contribution in [-0.2, 0) is 6.54 Å². The summed E-state index contributed by atoms with van der Waals surface area (Å²) in [7, 11) is 0. The maximum atomic E-state index is 8.82. The fraction of sp³-hybridized carbons (Fsp3) is 0.462. The van der Waals surface area contributed by atoms with Crippen LogP contribution in [0.1, 0.15) is 17.5 Å². The van der Waals surface area contributed by atoms with Gasteiger partial charge in [0.15, 0.2) is 0 Å². The van der Waals surface area contributed by atoms with E-state index in [1.54, 1.807) is 0 Å². The van der Waals surface area contributed by atoms with Crippen LogP contribution in [-0.4, -0.2) is 24.5 Å². The second-order valence-corrected chi connectivity index (χ2v) is 4.44. The molecule has 1 aromatic carbocycles. The van der Waals surface area contributed by atoms with Crippen molar-refractivity contribution in [3.05, 3.63) is 35.4 Å². The number of hydrogen-bond donors (Lipinski definition) is 1. The van der Waals surface area contributed by atoms with Gasteiger partial charge in [-0.2, -0.15) is 5.26 Å². The van der Waals surface area contributed by atoms with Crippen molar-refractivity contribution in [2.45, 2.75) is 13.0 Å². The van der Waals surface area contributed by atoms with E-state index in [1.807, 2.05) is 18.2 Å². The summed E-state index contributed by atoms with van der Waals surface area (Å²) in [6, 6.07) is 10.0. The van der Waals surface area contributed by atoms with Gasteiger partial charge in [0, 0.05) is 13.1 Å². The van der Waals surface area contributed by atoms with Crippen LogP contribution in [0.4, 0.5) is 0 Å². The number of nitrogens with zero attached hydrogens (tertiary/aromatic N) is 2. The highest BCUT2D eigenvalue weighted by molar-refractivity contribution is 5.32. The predicted octanol–water partition coefficient (Wildman–Crippen LogP) is 1.34. The van der Waals surface area contributed by atoms with Crippen molar-refractivity contribution in [3.63, 3.8) is 0 Å². The van der Waals surface area contributed by atoms with Gasteiger partial charge in [-0.05, 0) is 43.1 Å². The molecular formula is C13H17N3. The molecule has 0 saturated carbocycles. The number of hydrogen-bond acceptors (Lipinski definition) is 3. The zero-order valence-corrected chi connectivity index (χ0v) is 9.39. The first-order valence-corrected chi connectivity index (χ1v) is 5.73. The van der Waals surface area contributed by atoms with Crippen LogP contribution >= 0.6 is 0 Å². The Labute approximate surface area is 96.5 Å². The molecule has 0 aromatic heterocycles. The molecule has 1 aliphatic heterocycles. The van der Waals surface area contributed by atoms with Gasteiger partial charge in [-0.1, -0.05) is 12.1 Å². The van der Waals surface area contributed by atoms with Gasteiger partial charge >= 0.3 is 0 Å². The molecule has 0 amide bonds. The monoisotopic (exact) mass is 215 g/mol. The number of benzene rings is 1.